The van der Waals surface area contributed by atoms with E-state index in [1.807, 2.05) is 6.07 Å². The Labute approximate surface area is 115 Å². The monoisotopic (exact) mass is 257 g/mol. The van der Waals surface area contributed by atoms with E-state index in [0.717, 1.165) is 5.69 Å². The van der Waals surface area contributed by atoms with Crippen molar-refractivity contribution in [2.45, 2.75) is 45.6 Å². The Morgan fingerprint density at radius 2 is 1.95 bits per heavy atom. The van der Waals surface area contributed by atoms with E-state index in [4.69, 9.17) is 0 Å². The van der Waals surface area contributed by atoms with E-state index in [-0.39, 0.29) is 0 Å². The van der Waals surface area contributed by atoms with E-state index in [1.54, 1.807) is 6.20 Å². The lowest BCUT2D eigenvalue weighted by Gasteiger charge is -2.19. The Balaban J connectivity index is 2.10. The first-order chi connectivity index (χ1) is 9.33. The number of hydrogen-bond donors (Lipinski definition) is 2. The molecule has 102 valence electrons. The van der Waals surface area contributed by atoms with E-state index < -0.39 is 0 Å². The lowest BCUT2D eigenvalue weighted by molar-refractivity contribution is 0.586. The van der Waals surface area contributed by atoms with Crippen LogP contribution in [0.1, 0.15) is 39.5 Å². The highest BCUT2D eigenvalue weighted by atomic mass is 15.1. The molecule has 0 saturated carbocycles. The molecule has 0 aliphatic rings. The standard InChI is InChI=1S/C16H23N3/c1-3-6-14(7-4-2)18-15-9-5-8-13(12-15)16-10-11-17-19-16/h5,8-12,14,18H,3-4,6-7H2,1-2H3,(H,17,19). The zero-order chi connectivity index (χ0) is 13.5. The molecule has 3 heteroatoms. The summed E-state index contributed by atoms with van der Waals surface area (Å²) in [4.78, 5) is 0. The molecule has 3 nitrogen and oxygen atoms in total. The Bertz CT molecular complexity index is 470. The van der Waals surface area contributed by atoms with Crippen molar-refractivity contribution in [2.24, 2.45) is 0 Å². The van der Waals surface area contributed by atoms with Gasteiger partial charge in [-0.2, -0.15) is 5.10 Å². The molecule has 0 fully saturated rings. The van der Waals surface area contributed by atoms with Gasteiger partial charge in [0.05, 0.1) is 5.69 Å². The third-order valence-corrected chi connectivity index (χ3v) is 3.32. The SMILES string of the molecule is CCCC(CCC)Nc1cccc(-c2ccn[nH]2)c1. The van der Waals surface area contributed by atoms with Gasteiger partial charge in [-0.15, -0.1) is 0 Å². The highest BCUT2D eigenvalue weighted by Crippen LogP contribution is 2.22. The second-order valence-electron chi connectivity index (χ2n) is 4.97. The third-order valence-electron chi connectivity index (χ3n) is 3.32. The molecule has 1 heterocycles. The largest absolute Gasteiger partial charge is 0.382 e. The second kappa shape index (κ2) is 6.98. The van der Waals surface area contributed by atoms with Crippen LogP contribution in [0.15, 0.2) is 36.5 Å². The zero-order valence-electron chi connectivity index (χ0n) is 11.8. The van der Waals surface area contributed by atoms with Crippen LogP contribution >= 0.6 is 0 Å². The summed E-state index contributed by atoms with van der Waals surface area (Å²) in [7, 11) is 0. The Morgan fingerprint density at radius 1 is 1.16 bits per heavy atom. The van der Waals surface area contributed by atoms with E-state index in [0.29, 0.717) is 6.04 Å². The fourth-order valence-corrected chi connectivity index (χ4v) is 2.41. The minimum absolute atomic E-state index is 0.576. The second-order valence-corrected chi connectivity index (χ2v) is 4.97. The predicted octanol–water partition coefficient (Wildman–Crippen LogP) is 4.46. The smallest absolute Gasteiger partial charge is 0.0650 e. The Kier molecular flexibility index (Phi) is 5.01. The number of nitrogens with zero attached hydrogens (tertiary/aromatic N) is 1. The Hall–Kier alpha value is -1.77. The van der Waals surface area contributed by atoms with Crippen LogP contribution in [0.3, 0.4) is 0 Å². The van der Waals surface area contributed by atoms with E-state index >= 15 is 0 Å². The Morgan fingerprint density at radius 3 is 2.58 bits per heavy atom. The normalized spacial score (nSPS) is 10.9. The molecule has 0 radical (unpaired) electrons. The molecule has 0 spiro atoms. The molecule has 0 bridgehead atoms. The first-order valence-corrected chi connectivity index (χ1v) is 7.19. The van der Waals surface area contributed by atoms with Gasteiger partial charge in [0.15, 0.2) is 0 Å². The summed E-state index contributed by atoms with van der Waals surface area (Å²) in [5, 5.41) is 10.7. The third kappa shape index (κ3) is 3.85. The summed E-state index contributed by atoms with van der Waals surface area (Å²) in [6.07, 6.45) is 6.67. The number of nitrogens with one attached hydrogen (secondary N) is 2. The van der Waals surface area contributed by atoms with E-state index in [9.17, 15) is 0 Å². The van der Waals surface area contributed by atoms with Crippen molar-refractivity contribution in [3.8, 4) is 11.3 Å². The van der Waals surface area contributed by atoms with Gasteiger partial charge in [-0.25, -0.2) is 0 Å². The number of rotatable bonds is 7. The maximum Gasteiger partial charge on any atom is 0.0650 e. The summed E-state index contributed by atoms with van der Waals surface area (Å²) in [6, 6.07) is 11.1. The molecule has 2 aromatic rings. The molecule has 19 heavy (non-hydrogen) atoms. The van der Waals surface area contributed by atoms with Gasteiger partial charge in [-0.1, -0.05) is 38.8 Å². The first kappa shape index (κ1) is 13.7. The van der Waals surface area contributed by atoms with Crippen LogP contribution in [0.2, 0.25) is 0 Å². The van der Waals surface area contributed by atoms with Gasteiger partial charge >= 0.3 is 0 Å². The number of H-pyrrole nitrogens is 1. The average molecular weight is 257 g/mol. The molecule has 1 aromatic carbocycles. The quantitative estimate of drug-likeness (QED) is 0.769. The summed E-state index contributed by atoms with van der Waals surface area (Å²) in [5.41, 5.74) is 3.43. The van der Waals surface area contributed by atoms with Gasteiger partial charge in [0.2, 0.25) is 0 Å². The van der Waals surface area contributed by atoms with Gasteiger partial charge in [0.25, 0.3) is 0 Å². The summed E-state index contributed by atoms with van der Waals surface area (Å²) >= 11 is 0. The van der Waals surface area contributed by atoms with Crippen LogP contribution < -0.4 is 5.32 Å². The highest BCUT2D eigenvalue weighted by molar-refractivity contribution is 5.64. The van der Waals surface area contributed by atoms with Gasteiger partial charge in [0, 0.05) is 23.5 Å². The first-order valence-electron chi connectivity index (χ1n) is 7.19. The fraction of sp³-hybridized carbons (Fsp3) is 0.438. The molecule has 0 atom stereocenters. The van der Waals surface area contributed by atoms with Crippen molar-refractivity contribution >= 4 is 5.69 Å². The molecule has 2 rings (SSSR count). The van der Waals surface area contributed by atoms with Crippen molar-refractivity contribution < 1.29 is 0 Å². The minimum Gasteiger partial charge on any atom is -0.382 e. The molecular formula is C16H23N3. The summed E-state index contributed by atoms with van der Waals surface area (Å²) in [5.74, 6) is 0. The molecule has 0 aliphatic carbocycles. The lowest BCUT2D eigenvalue weighted by atomic mass is 10.1. The van der Waals surface area contributed by atoms with E-state index in [2.05, 4.69) is 53.6 Å². The molecule has 0 saturated heterocycles. The summed E-state index contributed by atoms with van der Waals surface area (Å²) in [6.45, 7) is 4.48. The number of hydrogen-bond acceptors (Lipinski definition) is 2. The van der Waals surface area contributed by atoms with Crippen LogP contribution in [0, 0.1) is 0 Å². The number of aromatic nitrogens is 2. The molecule has 1 aromatic heterocycles. The van der Waals surface area contributed by atoms with Gasteiger partial charge in [-0.3, -0.25) is 5.10 Å². The number of aromatic amines is 1. The molecule has 0 amide bonds. The summed E-state index contributed by atoms with van der Waals surface area (Å²) < 4.78 is 0. The minimum atomic E-state index is 0.576. The van der Waals surface area contributed by atoms with E-state index in [1.165, 1.54) is 36.9 Å². The lowest BCUT2D eigenvalue weighted by Crippen LogP contribution is -2.18. The van der Waals surface area contributed by atoms with Crippen LogP contribution in [0.25, 0.3) is 11.3 Å². The molecule has 0 unspecified atom stereocenters. The van der Waals surface area contributed by atoms with Crippen molar-refractivity contribution in [3.05, 3.63) is 36.5 Å². The highest BCUT2D eigenvalue weighted by Gasteiger charge is 2.07. The van der Waals surface area contributed by atoms with Crippen LogP contribution in [0.4, 0.5) is 5.69 Å². The zero-order valence-corrected chi connectivity index (χ0v) is 11.8. The van der Waals surface area contributed by atoms with Crippen molar-refractivity contribution in [1.82, 2.24) is 10.2 Å². The molecule has 2 N–H and O–H groups in total. The average Bonchev–Trinajstić information content (AvgIpc) is 2.93. The van der Waals surface area contributed by atoms with Crippen LogP contribution in [-0.4, -0.2) is 16.2 Å². The van der Waals surface area contributed by atoms with Crippen molar-refractivity contribution in [2.75, 3.05) is 5.32 Å². The van der Waals surface area contributed by atoms with Crippen molar-refractivity contribution in [3.63, 3.8) is 0 Å². The van der Waals surface area contributed by atoms with Gasteiger partial charge in [-0.05, 0) is 31.0 Å². The number of anilines is 1. The molecule has 0 aliphatic heterocycles. The fourth-order valence-electron chi connectivity index (χ4n) is 2.41. The van der Waals surface area contributed by atoms with Crippen LogP contribution in [-0.2, 0) is 0 Å². The van der Waals surface area contributed by atoms with Crippen LogP contribution in [0.5, 0.6) is 0 Å². The van der Waals surface area contributed by atoms with Crippen molar-refractivity contribution in [1.29, 1.82) is 0 Å². The maximum atomic E-state index is 4.00. The number of benzene rings is 1. The maximum absolute atomic E-state index is 4.00. The molecular weight excluding hydrogens is 234 g/mol. The van der Waals surface area contributed by atoms with Gasteiger partial charge < -0.3 is 5.32 Å². The predicted molar refractivity (Wildman–Crippen MR) is 81.3 cm³/mol. The van der Waals surface area contributed by atoms with Gasteiger partial charge in [0.1, 0.15) is 0 Å². The topological polar surface area (TPSA) is 40.7 Å².